The molecule has 0 spiro atoms. The molecule has 1 unspecified atom stereocenters. The fourth-order valence-electron chi connectivity index (χ4n) is 2.08. The maximum absolute atomic E-state index is 11.0. The van der Waals surface area contributed by atoms with Gasteiger partial charge in [0.1, 0.15) is 11.5 Å². The molecule has 0 fully saturated rings. The van der Waals surface area contributed by atoms with Gasteiger partial charge in [-0.3, -0.25) is 4.79 Å². The van der Waals surface area contributed by atoms with Gasteiger partial charge in [-0.1, -0.05) is 0 Å². The Morgan fingerprint density at radius 2 is 1.67 bits per heavy atom. The summed E-state index contributed by atoms with van der Waals surface area (Å²) in [5, 5.41) is 25.1. The number of nitrogens with one attached hydrogen (secondary N) is 2. The Morgan fingerprint density at radius 1 is 1.05 bits per heavy atom. The van der Waals surface area contributed by atoms with Crippen LogP contribution in [0.3, 0.4) is 0 Å². The first-order valence-electron chi connectivity index (χ1n) is 6.62. The van der Waals surface area contributed by atoms with Gasteiger partial charge in [-0.05, 0) is 43.3 Å². The van der Waals surface area contributed by atoms with Crippen LogP contribution < -0.4 is 10.6 Å². The van der Waals surface area contributed by atoms with Gasteiger partial charge in [-0.2, -0.15) is 0 Å². The summed E-state index contributed by atoms with van der Waals surface area (Å²) in [6, 6.07) is 11.7. The maximum Gasteiger partial charge on any atom is 0.221 e. The predicted octanol–water partition coefficient (Wildman–Crippen LogP) is 3.23. The largest absolute Gasteiger partial charge is 0.508 e. The molecule has 0 bridgehead atoms. The lowest BCUT2D eigenvalue weighted by atomic mass is 10.1. The van der Waals surface area contributed by atoms with Crippen LogP contribution in [0, 0.1) is 0 Å². The van der Waals surface area contributed by atoms with E-state index in [2.05, 4.69) is 10.6 Å². The first kappa shape index (κ1) is 14.7. The molecular formula is C16H18N2O3. The fourth-order valence-corrected chi connectivity index (χ4v) is 2.08. The molecule has 2 aromatic carbocycles. The van der Waals surface area contributed by atoms with Gasteiger partial charge < -0.3 is 20.8 Å². The van der Waals surface area contributed by atoms with E-state index in [0.717, 1.165) is 11.4 Å². The first-order chi connectivity index (χ1) is 9.95. The highest BCUT2D eigenvalue weighted by Crippen LogP contribution is 2.30. The highest BCUT2D eigenvalue weighted by molar-refractivity contribution is 5.88. The molecule has 0 saturated carbocycles. The zero-order chi connectivity index (χ0) is 15.4. The van der Waals surface area contributed by atoms with Crippen molar-refractivity contribution in [2.45, 2.75) is 19.9 Å². The van der Waals surface area contributed by atoms with Crippen LogP contribution in [0.1, 0.15) is 25.5 Å². The number of rotatable bonds is 4. The number of benzene rings is 2. The number of carbonyl (C=O) groups is 1. The van der Waals surface area contributed by atoms with E-state index in [1.165, 1.54) is 19.1 Å². The summed E-state index contributed by atoms with van der Waals surface area (Å²) in [4.78, 5) is 11.0. The third-order valence-electron chi connectivity index (χ3n) is 3.07. The summed E-state index contributed by atoms with van der Waals surface area (Å²) >= 11 is 0. The molecule has 0 radical (unpaired) electrons. The fraction of sp³-hybridized carbons (Fsp3) is 0.188. The number of amides is 1. The zero-order valence-electron chi connectivity index (χ0n) is 11.9. The van der Waals surface area contributed by atoms with Gasteiger partial charge in [0.05, 0.1) is 6.04 Å². The number of anilines is 2. The Morgan fingerprint density at radius 3 is 2.24 bits per heavy atom. The van der Waals surface area contributed by atoms with E-state index in [9.17, 15) is 15.0 Å². The second-order valence-corrected chi connectivity index (χ2v) is 4.87. The van der Waals surface area contributed by atoms with Gasteiger partial charge in [0.25, 0.3) is 0 Å². The monoisotopic (exact) mass is 286 g/mol. The van der Waals surface area contributed by atoms with Crippen molar-refractivity contribution >= 4 is 17.3 Å². The summed E-state index contributed by atoms with van der Waals surface area (Å²) in [6.45, 7) is 3.37. The Bertz CT molecular complexity index is 638. The molecular weight excluding hydrogens is 268 g/mol. The average Bonchev–Trinajstić information content (AvgIpc) is 2.40. The third kappa shape index (κ3) is 3.89. The molecule has 0 aliphatic rings. The second kappa shape index (κ2) is 6.17. The van der Waals surface area contributed by atoms with Gasteiger partial charge in [-0.15, -0.1) is 0 Å². The van der Waals surface area contributed by atoms with E-state index in [4.69, 9.17) is 0 Å². The predicted molar refractivity (Wildman–Crippen MR) is 82.6 cm³/mol. The van der Waals surface area contributed by atoms with Crippen molar-refractivity contribution in [3.63, 3.8) is 0 Å². The molecule has 4 N–H and O–H groups in total. The first-order valence-corrected chi connectivity index (χ1v) is 6.62. The lowest BCUT2D eigenvalue weighted by molar-refractivity contribution is -0.114. The molecule has 2 rings (SSSR count). The van der Waals surface area contributed by atoms with Crippen LogP contribution in [0.25, 0.3) is 0 Å². The number of phenolic OH excluding ortho intramolecular Hbond substituents is 2. The summed E-state index contributed by atoms with van der Waals surface area (Å²) < 4.78 is 0. The molecule has 5 heteroatoms. The molecule has 110 valence electrons. The van der Waals surface area contributed by atoms with E-state index in [-0.39, 0.29) is 23.4 Å². The van der Waals surface area contributed by atoms with Gasteiger partial charge in [0, 0.05) is 29.9 Å². The van der Waals surface area contributed by atoms with Crippen LogP contribution in [-0.4, -0.2) is 16.1 Å². The van der Waals surface area contributed by atoms with Crippen LogP contribution in [0.15, 0.2) is 42.5 Å². The topological polar surface area (TPSA) is 81.6 Å². The lowest BCUT2D eigenvalue weighted by Crippen LogP contribution is -2.08. The number of hydrogen-bond donors (Lipinski definition) is 4. The Labute approximate surface area is 123 Å². The van der Waals surface area contributed by atoms with Crippen LogP contribution in [0.2, 0.25) is 0 Å². The minimum Gasteiger partial charge on any atom is -0.508 e. The third-order valence-corrected chi connectivity index (χ3v) is 3.07. The summed E-state index contributed by atoms with van der Waals surface area (Å²) in [7, 11) is 0. The van der Waals surface area contributed by atoms with E-state index in [1.54, 1.807) is 18.2 Å². The average molecular weight is 286 g/mol. The van der Waals surface area contributed by atoms with Gasteiger partial charge in [0.2, 0.25) is 5.91 Å². The van der Waals surface area contributed by atoms with Crippen molar-refractivity contribution in [3.05, 3.63) is 48.0 Å². The molecule has 1 atom stereocenters. The molecule has 0 aromatic heterocycles. The van der Waals surface area contributed by atoms with Crippen molar-refractivity contribution in [3.8, 4) is 11.5 Å². The summed E-state index contributed by atoms with van der Waals surface area (Å²) in [5.74, 6) is -0.0360. The Hall–Kier alpha value is -2.69. The highest BCUT2D eigenvalue weighted by Gasteiger charge is 2.10. The van der Waals surface area contributed by atoms with E-state index in [1.807, 2.05) is 19.1 Å². The van der Waals surface area contributed by atoms with Crippen molar-refractivity contribution in [1.29, 1.82) is 0 Å². The molecule has 21 heavy (non-hydrogen) atoms. The maximum atomic E-state index is 11.0. The minimum atomic E-state index is -0.128. The molecule has 0 saturated heterocycles. The number of phenols is 2. The molecule has 0 aliphatic carbocycles. The van der Waals surface area contributed by atoms with Gasteiger partial charge in [-0.25, -0.2) is 0 Å². The highest BCUT2D eigenvalue weighted by atomic mass is 16.3. The Kier molecular flexibility index (Phi) is 4.33. The van der Waals surface area contributed by atoms with Crippen molar-refractivity contribution in [2.24, 2.45) is 0 Å². The van der Waals surface area contributed by atoms with Crippen LogP contribution >= 0.6 is 0 Å². The van der Waals surface area contributed by atoms with Crippen LogP contribution in [-0.2, 0) is 4.79 Å². The standard InChI is InChI=1S/C16H18N2O3/c1-10(15-8-7-14(20)9-16(15)21)17-12-3-5-13(6-4-12)18-11(2)19/h3-10,17,20-21H,1-2H3,(H,18,19). The van der Waals surface area contributed by atoms with Crippen LogP contribution in [0.4, 0.5) is 11.4 Å². The van der Waals surface area contributed by atoms with E-state index < -0.39 is 0 Å². The van der Waals surface area contributed by atoms with E-state index >= 15 is 0 Å². The summed E-state index contributed by atoms with van der Waals surface area (Å²) in [5.41, 5.74) is 2.29. The SMILES string of the molecule is CC(=O)Nc1ccc(NC(C)c2ccc(O)cc2O)cc1. The Balaban J connectivity index is 2.08. The van der Waals surface area contributed by atoms with Crippen molar-refractivity contribution < 1.29 is 15.0 Å². The number of carbonyl (C=O) groups excluding carboxylic acids is 1. The second-order valence-electron chi connectivity index (χ2n) is 4.87. The van der Waals surface area contributed by atoms with Crippen molar-refractivity contribution in [1.82, 2.24) is 0 Å². The lowest BCUT2D eigenvalue weighted by Gasteiger charge is -2.17. The molecule has 1 amide bonds. The van der Waals surface area contributed by atoms with Crippen LogP contribution in [0.5, 0.6) is 11.5 Å². The molecule has 5 nitrogen and oxygen atoms in total. The normalized spacial score (nSPS) is 11.7. The van der Waals surface area contributed by atoms with Gasteiger partial charge in [0.15, 0.2) is 0 Å². The smallest absolute Gasteiger partial charge is 0.221 e. The minimum absolute atomic E-state index is 0.0307. The molecule has 2 aromatic rings. The van der Waals surface area contributed by atoms with E-state index in [0.29, 0.717) is 5.56 Å². The number of hydrogen-bond acceptors (Lipinski definition) is 4. The summed E-state index contributed by atoms with van der Waals surface area (Å²) in [6.07, 6.45) is 0. The number of aromatic hydroxyl groups is 2. The zero-order valence-corrected chi connectivity index (χ0v) is 11.9. The quantitative estimate of drug-likeness (QED) is 0.695. The van der Waals surface area contributed by atoms with Gasteiger partial charge >= 0.3 is 0 Å². The molecule has 0 aliphatic heterocycles. The van der Waals surface area contributed by atoms with Crippen molar-refractivity contribution in [2.75, 3.05) is 10.6 Å². The molecule has 0 heterocycles.